The highest BCUT2D eigenvalue weighted by molar-refractivity contribution is 5.99. The predicted molar refractivity (Wildman–Crippen MR) is 93.6 cm³/mol. The first-order chi connectivity index (χ1) is 11.9. The number of rotatable bonds is 3. The van der Waals surface area contributed by atoms with Crippen molar-refractivity contribution in [3.63, 3.8) is 0 Å². The summed E-state index contributed by atoms with van der Waals surface area (Å²) in [6, 6.07) is 6.01. The van der Waals surface area contributed by atoms with Gasteiger partial charge >= 0.3 is 6.03 Å². The summed E-state index contributed by atoms with van der Waals surface area (Å²) in [6.45, 7) is 4.76. The van der Waals surface area contributed by atoms with Crippen molar-refractivity contribution >= 4 is 23.5 Å². The van der Waals surface area contributed by atoms with E-state index in [0.29, 0.717) is 19.5 Å². The van der Waals surface area contributed by atoms with E-state index in [1.165, 1.54) is 4.90 Å². The maximum Gasteiger partial charge on any atom is 0.321 e. The number of primary amides is 1. The Labute approximate surface area is 147 Å². The Morgan fingerprint density at radius 3 is 2.64 bits per heavy atom. The first-order valence-electron chi connectivity index (χ1n) is 8.69. The molecule has 7 heteroatoms. The van der Waals surface area contributed by atoms with Crippen molar-refractivity contribution in [2.75, 3.05) is 11.9 Å². The minimum Gasteiger partial charge on any atom is -0.368 e. The zero-order valence-electron chi connectivity index (χ0n) is 14.6. The summed E-state index contributed by atoms with van der Waals surface area (Å²) in [5.74, 6) is -0.699. The molecule has 4 amide bonds. The van der Waals surface area contributed by atoms with Crippen molar-refractivity contribution in [1.29, 1.82) is 0 Å². The first-order valence-corrected chi connectivity index (χ1v) is 8.69. The molecule has 3 atom stereocenters. The minimum atomic E-state index is -0.584. The number of nitrogens with one attached hydrogen (secondary N) is 1. The van der Waals surface area contributed by atoms with Crippen LogP contribution in [-0.2, 0) is 16.1 Å². The molecule has 0 bridgehead atoms. The summed E-state index contributed by atoms with van der Waals surface area (Å²) >= 11 is 0. The molecule has 0 saturated carbocycles. The fourth-order valence-corrected chi connectivity index (χ4v) is 3.46. The van der Waals surface area contributed by atoms with Crippen molar-refractivity contribution in [2.24, 2.45) is 11.7 Å². The molecular formula is C18H24N4O3. The van der Waals surface area contributed by atoms with E-state index in [-0.39, 0.29) is 17.9 Å². The Bertz CT molecular complexity index is 705. The Kier molecular flexibility index (Phi) is 4.65. The Balaban J connectivity index is 1.95. The summed E-state index contributed by atoms with van der Waals surface area (Å²) in [7, 11) is 0. The van der Waals surface area contributed by atoms with Gasteiger partial charge in [-0.15, -0.1) is 0 Å². The molecule has 0 radical (unpaired) electrons. The van der Waals surface area contributed by atoms with Crippen molar-refractivity contribution in [2.45, 2.75) is 45.3 Å². The third kappa shape index (κ3) is 3.06. The van der Waals surface area contributed by atoms with Crippen LogP contribution < -0.4 is 11.1 Å². The molecule has 0 unspecified atom stereocenters. The number of nitrogens with two attached hydrogens (primary N) is 1. The third-order valence-corrected chi connectivity index (χ3v) is 5.24. The zero-order chi connectivity index (χ0) is 18.1. The molecule has 0 spiro atoms. The van der Waals surface area contributed by atoms with Gasteiger partial charge in [-0.1, -0.05) is 38.5 Å². The lowest BCUT2D eigenvalue weighted by Crippen LogP contribution is -2.63. The molecule has 1 saturated heterocycles. The average molecular weight is 344 g/mol. The number of benzene rings is 1. The summed E-state index contributed by atoms with van der Waals surface area (Å²) in [5, 5.41) is 2.94. The van der Waals surface area contributed by atoms with Crippen LogP contribution in [0.1, 0.15) is 32.3 Å². The molecule has 0 aromatic heterocycles. The number of urea groups is 1. The summed E-state index contributed by atoms with van der Waals surface area (Å²) in [5.41, 5.74) is 6.99. The summed E-state index contributed by atoms with van der Waals surface area (Å²) in [4.78, 5) is 40.5. The molecular weight excluding hydrogens is 320 g/mol. The quantitative estimate of drug-likeness (QED) is 0.870. The van der Waals surface area contributed by atoms with E-state index in [4.69, 9.17) is 5.73 Å². The smallest absolute Gasteiger partial charge is 0.321 e. The summed E-state index contributed by atoms with van der Waals surface area (Å²) in [6.07, 6.45) is 1.34. The number of para-hydroxylation sites is 1. The van der Waals surface area contributed by atoms with Crippen LogP contribution in [0.3, 0.4) is 0 Å². The second-order valence-corrected chi connectivity index (χ2v) is 6.79. The molecule has 3 N–H and O–H groups in total. The van der Waals surface area contributed by atoms with Gasteiger partial charge in [-0.25, -0.2) is 4.79 Å². The highest BCUT2D eigenvalue weighted by Crippen LogP contribution is 2.30. The van der Waals surface area contributed by atoms with E-state index in [0.717, 1.165) is 17.7 Å². The second kappa shape index (κ2) is 6.74. The monoisotopic (exact) mass is 344 g/mol. The molecule has 25 heavy (non-hydrogen) atoms. The minimum absolute atomic E-state index is 0.00781. The molecule has 0 aliphatic carbocycles. The van der Waals surface area contributed by atoms with Crippen molar-refractivity contribution in [3.05, 3.63) is 29.8 Å². The molecule has 134 valence electrons. The SMILES string of the molecule is CC[C@H](C)[C@H]1C(=O)Nc2ccccc2CN1C(=O)N1CC[C@H]1C(N)=O. The number of anilines is 1. The van der Waals surface area contributed by atoms with E-state index < -0.39 is 18.0 Å². The zero-order valence-corrected chi connectivity index (χ0v) is 14.6. The largest absolute Gasteiger partial charge is 0.368 e. The number of carbonyl (C=O) groups excluding carboxylic acids is 3. The van der Waals surface area contributed by atoms with Crippen LogP contribution in [0.15, 0.2) is 24.3 Å². The van der Waals surface area contributed by atoms with Gasteiger partial charge < -0.3 is 20.9 Å². The highest BCUT2D eigenvalue weighted by Gasteiger charge is 2.43. The van der Waals surface area contributed by atoms with E-state index >= 15 is 0 Å². The fraction of sp³-hybridized carbons (Fsp3) is 0.500. The van der Waals surface area contributed by atoms with E-state index in [1.54, 1.807) is 4.90 Å². The topological polar surface area (TPSA) is 95.7 Å². The standard InChI is InChI=1S/C18H24N4O3/c1-3-11(2)15-17(24)20-13-7-5-4-6-12(13)10-22(15)18(25)21-9-8-14(21)16(19)23/h4-7,11,14-15H,3,8-10H2,1-2H3,(H2,19,23)(H,20,24)/t11-,14-,15-/m0/s1. The van der Waals surface area contributed by atoms with Gasteiger partial charge in [0, 0.05) is 12.2 Å². The van der Waals surface area contributed by atoms with Gasteiger partial charge in [0.2, 0.25) is 11.8 Å². The number of amides is 4. The van der Waals surface area contributed by atoms with Crippen LogP contribution in [0, 0.1) is 5.92 Å². The van der Waals surface area contributed by atoms with E-state index in [2.05, 4.69) is 5.32 Å². The van der Waals surface area contributed by atoms with Crippen LogP contribution >= 0.6 is 0 Å². The van der Waals surface area contributed by atoms with E-state index in [9.17, 15) is 14.4 Å². The summed E-state index contributed by atoms with van der Waals surface area (Å²) < 4.78 is 0. The maximum absolute atomic E-state index is 13.1. The highest BCUT2D eigenvalue weighted by atomic mass is 16.2. The molecule has 2 aliphatic rings. The normalized spacial score (nSPS) is 23.8. The van der Waals surface area contributed by atoms with Gasteiger partial charge in [-0.3, -0.25) is 9.59 Å². The fourth-order valence-electron chi connectivity index (χ4n) is 3.46. The van der Waals surface area contributed by atoms with Gasteiger partial charge in [0.05, 0.1) is 6.54 Å². The van der Waals surface area contributed by atoms with Crippen LogP contribution in [0.25, 0.3) is 0 Å². The number of likely N-dealkylation sites (tertiary alicyclic amines) is 1. The molecule has 2 heterocycles. The van der Waals surface area contributed by atoms with Gasteiger partial charge in [0.1, 0.15) is 12.1 Å². The molecule has 1 aromatic rings. The lowest BCUT2D eigenvalue weighted by atomic mass is 9.96. The maximum atomic E-state index is 13.1. The number of fused-ring (bicyclic) bond motifs is 1. The predicted octanol–water partition coefficient (Wildman–Crippen LogP) is 1.53. The lowest BCUT2D eigenvalue weighted by Gasteiger charge is -2.43. The Hall–Kier alpha value is -2.57. The molecule has 2 aliphatic heterocycles. The Morgan fingerprint density at radius 2 is 2.04 bits per heavy atom. The number of nitrogens with zero attached hydrogens (tertiary/aromatic N) is 2. The number of hydrogen-bond acceptors (Lipinski definition) is 3. The van der Waals surface area contributed by atoms with Gasteiger partial charge in [0.15, 0.2) is 0 Å². The van der Waals surface area contributed by atoms with Crippen molar-refractivity contribution in [3.8, 4) is 0 Å². The van der Waals surface area contributed by atoms with Crippen LogP contribution in [0.5, 0.6) is 0 Å². The van der Waals surface area contributed by atoms with Crippen LogP contribution in [-0.4, -0.2) is 46.3 Å². The van der Waals surface area contributed by atoms with Crippen molar-refractivity contribution in [1.82, 2.24) is 9.80 Å². The molecule has 1 fully saturated rings. The van der Waals surface area contributed by atoms with E-state index in [1.807, 2.05) is 38.1 Å². The second-order valence-electron chi connectivity index (χ2n) is 6.79. The number of carbonyl (C=O) groups is 3. The van der Waals surface area contributed by atoms with Crippen LogP contribution in [0.2, 0.25) is 0 Å². The number of hydrogen-bond donors (Lipinski definition) is 2. The third-order valence-electron chi connectivity index (χ3n) is 5.24. The van der Waals surface area contributed by atoms with Crippen LogP contribution in [0.4, 0.5) is 10.5 Å². The van der Waals surface area contributed by atoms with Gasteiger partial charge in [0.25, 0.3) is 0 Å². The van der Waals surface area contributed by atoms with Gasteiger partial charge in [-0.05, 0) is 24.0 Å². The first kappa shape index (κ1) is 17.3. The van der Waals surface area contributed by atoms with Gasteiger partial charge in [-0.2, -0.15) is 0 Å². The molecule has 7 nitrogen and oxygen atoms in total. The lowest BCUT2D eigenvalue weighted by molar-refractivity contribution is -0.126. The molecule has 1 aromatic carbocycles. The van der Waals surface area contributed by atoms with Crippen molar-refractivity contribution < 1.29 is 14.4 Å². The Morgan fingerprint density at radius 1 is 1.32 bits per heavy atom. The average Bonchev–Trinajstić information content (AvgIpc) is 2.68. The molecule has 3 rings (SSSR count).